The van der Waals surface area contributed by atoms with Gasteiger partial charge in [0.1, 0.15) is 11.6 Å². The predicted octanol–water partition coefficient (Wildman–Crippen LogP) is 4.89. The van der Waals surface area contributed by atoms with Crippen molar-refractivity contribution in [2.24, 2.45) is 5.92 Å². The van der Waals surface area contributed by atoms with E-state index in [1.807, 2.05) is 0 Å². The molecule has 0 bridgehead atoms. The van der Waals surface area contributed by atoms with Gasteiger partial charge in [-0.05, 0) is 74.6 Å². The van der Waals surface area contributed by atoms with E-state index in [1.165, 1.54) is 12.1 Å². The average Bonchev–Trinajstić information content (AvgIpc) is 2.79. The number of rotatable bonds is 9. The minimum Gasteiger partial charge on any atom is -0.490 e. The topological polar surface area (TPSA) is 92.7 Å². The van der Waals surface area contributed by atoms with Gasteiger partial charge in [-0.15, -0.1) is 0 Å². The summed E-state index contributed by atoms with van der Waals surface area (Å²) < 4.78 is 19.4. The first-order valence-corrected chi connectivity index (χ1v) is 11.0. The van der Waals surface area contributed by atoms with E-state index in [0.717, 1.165) is 6.07 Å². The molecule has 0 atom stereocenters. The maximum absolute atomic E-state index is 13.4. The molecule has 32 heavy (non-hydrogen) atoms. The maximum atomic E-state index is 13.4. The summed E-state index contributed by atoms with van der Waals surface area (Å²) in [4.78, 5) is 35.4. The third kappa shape index (κ3) is 6.53. The number of carbonyl (C=O) groups is 3. The van der Waals surface area contributed by atoms with Gasteiger partial charge in [0.05, 0.1) is 17.0 Å². The molecule has 0 heterocycles. The van der Waals surface area contributed by atoms with E-state index in [4.69, 9.17) is 21.4 Å². The van der Waals surface area contributed by atoms with Crippen molar-refractivity contribution < 1.29 is 28.6 Å². The minimum absolute atomic E-state index is 0.00937. The number of hydrogen-bond donors (Lipinski definition) is 2. The van der Waals surface area contributed by atoms with E-state index in [0.29, 0.717) is 43.4 Å². The fourth-order valence-electron chi connectivity index (χ4n) is 3.67. The van der Waals surface area contributed by atoms with Gasteiger partial charge in [0.25, 0.3) is 5.91 Å². The second-order valence-electron chi connectivity index (χ2n) is 7.87. The SMILES string of the molecule is O=C(CCCNC(=O)c1ccc(Cl)c(F)c1)c1ccc(OC2CCC(C(=O)O)CC2)cc1. The van der Waals surface area contributed by atoms with Gasteiger partial charge in [-0.1, -0.05) is 11.6 Å². The van der Waals surface area contributed by atoms with Crippen molar-refractivity contribution in [1.29, 1.82) is 0 Å². The fraction of sp³-hybridized carbons (Fsp3) is 0.375. The summed E-state index contributed by atoms with van der Waals surface area (Å²) in [5, 5.41) is 11.7. The molecule has 0 spiro atoms. The second kappa shape index (κ2) is 11.1. The van der Waals surface area contributed by atoms with Crippen molar-refractivity contribution in [3.8, 4) is 5.75 Å². The maximum Gasteiger partial charge on any atom is 0.306 e. The molecule has 1 aliphatic carbocycles. The van der Waals surface area contributed by atoms with Crippen LogP contribution in [0.15, 0.2) is 42.5 Å². The highest BCUT2D eigenvalue weighted by Gasteiger charge is 2.26. The zero-order valence-electron chi connectivity index (χ0n) is 17.5. The molecule has 6 nitrogen and oxygen atoms in total. The van der Waals surface area contributed by atoms with Gasteiger partial charge in [-0.25, -0.2) is 4.39 Å². The van der Waals surface area contributed by atoms with E-state index < -0.39 is 17.7 Å². The number of carboxylic acid groups (broad SMARTS) is 1. The molecule has 170 valence electrons. The van der Waals surface area contributed by atoms with Crippen molar-refractivity contribution in [2.75, 3.05) is 6.54 Å². The Morgan fingerprint density at radius 3 is 2.31 bits per heavy atom. The third-order valence-electron chi connectivity index (χ3n) is 5.55. The smallest absolute Gasteiger partial charge is 0.306 e. The van der Waals surface area contributed by atoms with Gasteiger partial charge in [0.15, 0.2) is 5.78 Å². The summed E-state index contributed by atoms with van der Waals surface area (Å²) in [5.41, 5.74) is 0.725. The summed E-state index contributed by atoms with van der Waals surface area (Å²) in [6, 6.07) is 10.7. The predicted molar refractivity (Wildman–Crippen MR) is 118 cm³/mol. The largest absolute Gasteiger partial charge is 0.490 e. The Morgan fingerprint density at radius 1 is 1.03 bits per heavy atom. The van der Waals surface area contributed by atoms with Crippen molar-refractivity contribution in [2.45, 2.75) is 44.6 Å². The van der Waals surface area contributed by atoms with Crippen LogP contribution in [-0.4, -0.2) is 35.4 Å². The number of carboxylic acids is 1. The Bertz CT molecular complexity index is 971. The van der Waals surface area contributed by atoms with E-state index in [2.05, 4.69) is 5.32 Å². The van der Waals surface area contributed by atoms with Crippen molar-refractivity contribution in [3.05, 3.63) is 64.4 Å². The lowest BCUT2D eigenvalue weighted by atomic mass is 9.87. The van der Waals surface area contributed by atoms with Gasteiger partial charge in [-0.2, -0.15) is 0 Å². The normalized spacial score (nSPS) is 18.1. The molecule has 3 rings (SSSR count). The molecule has 2 aromatic rings. The van der Waals surface area contributed by atoms with E-state index >= 15 is 0 Å². The molecular weight excluding hydrogens is 437 g/mol. The van der Waals surface area contributed by atoms with Gasteiger partial charge in [0.2, 0.25) is 0 Å². The van der Waals surface area contributed by atoms with Crippen LogP contribution in [-0.2, 0) is 4.79 Å². The highest BCUT2D eigenvalue weighted by molar-refractivity contribution is 6.30. The molecule has 0 aliphatic heterocycles. The lowest BCUT2D eigenvalue weighted by Crippen LogP contribution is -2.27. The molecular formula is C24H25ClFNO5. The first kappa shape index (κ1) is 23.7. The molecule has 2 aromatic carbocycles. The molecule has 1 saturated carbocycles. The van der Waals surface area contributed by atoms with Crippen LogP contribution in [0.2, 0.25) is 5.02 Å². The average molecular weight is 462 g/mol. The number of hydrogen-bond acceptors (Lipinski definition) is 4. The van der Waals surface area contributed by atoms with Gasteiger partial charge in [-0.3, -0.25) is 14.4 Å². The van der Waals surface area contributed by atoms with Crippen molar-refractivity contribution in [1.82, 2.24) is 5.32 Å². The summed E-state index contributed by atoms with van der Waals surface area (Å²) in [7, 11) is 0. The van der Waals surface area contributed by atoms with Gasteiger partial charge < -0.3 is 15.2 Å². The third-order valence-corrected chi connectivity index (χ3v) is 5.86. The van der Waals surface area contributed by atoms with Crippen LogP contribution in [0, 0.1) is 11.7 Å². The number of aliphatic carboxylic acids is 1. The van der Waals surface area contributed by atoms with Crippen LogP contribution in [0.25, 0.3) is 0 Å². The van der Waals surface area contributed by atoms with Crippen molar-refractivity contribution in [3.63, 3.8) is 0 Å². The fourth-order valence-corrected chi connectivity index (χ4v) is 3.79. The minimum atomic E-state index is -0.746. The van der Waals surface area contributed by atoms with Crippen LogP contribution in [0.1, 0.15) is 59.2 Å². The van der Waals surface area contributed by atoms with Crippen LogP contribution in [0.4, 0.5) is 4.39 Å². The quantitative estimate of drug-likeness (QED) is 0.409. The standard InChI is InChI=1S/C24H25ClFNO5/c25-20-12-7-17(14-21(20)26)23(29)27-13-1-2-22(28)15-3-8-18(9-4-15)32-19-10-5-16(6-11-19)24(30)31/h3-4,7-9,12,14,16,19H,1-2,5-6,10-11,13H2,(H,27,29)(H,30,31). The Morgan fingerprint density at radius 2 is 1.69 bits per heavy atom. The number of benzene rings is 2. The first-order chi connectivity index (χ1) is 15.3. The summed E-state index contributed by atoms with van der Waals surface area (Å²) in [6.45, 7) is 0.287. The molecule has 1 amide bonds. The summed E-state index contributed by atoms with van der Waals surface area (Å²) in [5.74, 6) is -1.51. The summed E-state index contributed by atoms with van der Waals surface area (Å²) in [6.07, 6.45) is 3.32. The molecule has 2 N–H and O–H groups in total. The second-order valence-corrected chi connectivity index (χ2v) is 8.27. The molecule has 0 radical (unpaired) electrons. The van der Waals surface area contributed by atoms with Crippen LogP contribution in [0.5, 0.6) is 5.75 Å². The lowest BCUT2D eigenvalue weighted by Gasteiger charge is -2.26. The zero-order chi connectivity index (χ0) is 23.1. The van der Waals surface area contributed by atoms with Crippen LogP contribution >= 0.6 is 11.6 Å². The number of carbonyl (C=O) groups excluding carboxylic acids is 2. The van der Waals surface area contributed by atoms with Crippen molar-refractivity contribution >= 4 is 29.3 Å². The van der Waals surface area contributed by atoms with Crippen LogP contribution in [0.3, 0.4) is 0 Å². The number of amides is 1. The lowest BCUT2D eigenvalue weighted by molar-refractivity contribution is -0.143. The first-order valence-electron chi connectivity index (χ1n) is 10.6. The molecule has 0 saturated heterocycles. The Balaban J connectivity index is 1.39. The zero-order valence-corrected chi connectivity index (χ0v) is 18.2. The Hall–Kier alpha value is -2.93. The highest BCUT2D eigenvalue weighted by atomic mass is 35.5. The van der Waals surface area contributed by atoms with Crippen LogP contribution < -0.4 is 10.1 Å². The molecule has 0 unspecified atom stereocenters. The number of Topliss-reactive ketones (excluding diaryl/α,β-unsaturated/α-hetero) is 1. The number of ether oxygens (including phenoxy) is 1. The monoisotopic (exact) mass is 461 g/mol. The Kier molecular flexibility index (Phi) is 8.22. The number of halogens is 2. The van der Waals surface area contributed by atoms with Gasteiger partial charge in [0, 0.05) is 24.1 Å². The van der Waals surface area contributed by atoms with E-state index in [1.54, 1.807) is 24.3 Å². The summed E-state index contributed by atoms with van der Waals surface area (Å²) >= 11 is 5.61. The Labute approximate surface area is 190 Å². The number of nitrogens with one attached hydrogen (secondary N) is 1. The molecule has 1 aliphatic rings. The molecule has 0 aromatic heterocycles. The molecule has 8 heteroatoms. The van der Waals surface area contributed by atoms with Gasteiger partial charge >= 0.3 is 5.97 Å². The van der Waals surface area contributed by atoms with E-state index in [9.17, 15) is 18.8 Å². The number of ketones is 1. The molecule has 1 fully saturated rings. The van der Waals surface area contributed by atoms with E-state index in [-0.39, 0.29) is 41.4 Å². The highest BCUT2D eigenvalue weighted by Crippen LogP contribution is 2.28.